The summed E-state index contributed by atoms with van der Waals surface area (Å²) in [5.41, 5.74) is 6.41. The molecule has 0 saturated heterocycles. The molecule has 0 saturated carbocycles. The van der Waals surface area contributed by atoms with E-state index >= 15 is 0 Å². The third kappa shape index (κ3) is 3.74. The third-order valence-corrected chi connectivity index (χ3v) is 2.32. The molecular formula is C9H15N3S. The highest BCUT2D eigenvalue weighted by Gasteiger charge is 2.13. The minimum Gasteiger partial charge on any atom is -0.326 e. The van der Waals surface area contributed by atoms with Gasteiger partial charge in [-0.05, 0) is 0 Å². The van der Waals surface area contributed by atoms with Crippen LogP contribution in [0.2, 0.25) is 0 Å². The Balaban J connectivity index is 2.70. The first-order chi connectivity index (χ1) is 6.01. The Morgan fingerprint density at radius 2 is 1.85 bits per heavy atom. The smallest absolute Gasteiger partial charge is 0.187 e. The average molecular weight is 197 g/mol. The van der Waals surface area contributed by atoms with Gasteiger partial charge in [-0.1, -0.05) is 32.5 Å². The van der Waals surface area contributed by atoms with Crippen molar-refractivity contribution in [1.82, 2.24) is 9.97 Å². The summed E-state index contributed by atoms with van der Waals surface area (Å²) in [6, 6.07) is 0. The fraction of sp³-hybridized carbons (Fsp3) is 0.556. The second-order valence-corrected chi connectivity index (χ2v) is 5.59. The monoisotopic (exact) mass is 197 g/mol. The topological polar surface area (TPSA) is 51.8 Å². The van der Waals surface area contributed by atoms with Gasteiger partial charge in [-0.2, -0.15) is 0 Å². The minimum absolute atomic E-state index is 0.157. The number of hydrogen-bond donors (Lipinski definition) is 1. The number of hydrogen-bond acceptors (Lipinski definition) is 4. The molecule has 13 heavy (non-hydrogen) atoms. The predicted octanol–water partition coefficient (Wildman–Crippen LogP) is 1.83. The molecule has 1 heterocycles. The molecule has 0 bridgehead atoms. The van der Waals surface area contributed by atoms with Crippen molar-refractivity contribution in [3.05, 3.63) is 18.0 Å². The lowest BCUT2D eigenvalue weighted by molar-refractivity contribution is 0.789. The average Bonchev–Trinajstić information content (AvgIpc) is 2.03. The molecule has 3 nitrogen and oxygen atoms in total. The Morgan fingerprint density at radius 3 is 2.23 bits per heavy atom. The summed E-state index contributed by atoms with van der Waals surface area (Å²) >= 11 is 1.66. The van der Waals surface area contributed by atoms with Crippen molar-refractivity contribution in [3.8, 4) is 0 Å². The molecule has 0 aliphatic carbocycles. The fourth-order valence-corrected chi connectivity index (χ4v) is 1.53. The van der Waals surface area contributed by atoms with Gasteiger partial charge in [0.05, 0.1) is 0 Å². The van der Waals surface area contributed by atoms with Gasteiger partial charge in [0.1, 0.15) is 0 Å². The largest absolute Gasteiger partial charge is 0.326 e. The normalized spacial score (nSPS) is 11.7. The van der Waals surface area contributed by atoms with Crippen molar-refractivity contribution < 1.29 is 0 Å². The third-order valence-electron chi connectivity index (χ3n) is 1.31. The Bertz CT molecular complexity index is 263. The first-order valence-corrected chi connectivity index (χ1v) is 5.03. The molecule has 1 aromatic heterocycles. The lowest BCUT2D eigenvalue weighted by Gasteiger charge is -2.15. The highest BCUT2D eigenvalue weighted by atomic mass is 32.2. The molecule has 0 aromatic carbocycles. The highest BCUT2D eigenvalue weighted by Crippen LogP contribution is 2.28. The van der Waals surface area contributed by atoms with Crippen LogP contribution in [0.5, 0.6) is 0 Å². The summed E-state index contributed by atoms with van der Waals surface area (Å²) < 4.78 is 0.157. The van der Waals surface area contributed by atoms with Crippen LogP contribution < -0.4 is 5.73 Å². The van der Waals surface area contributed by atoms with Gasteiger partial charge in [0.15, 0.2) is 5.16 Å². The second-order valence-electron chi connectivity index (χ2n) is 3.79. The molecule has 0 fully saturated rings. The van der Waals surface area contributed by atoms with Crippen molar-refractivity contribution >= 4 is 11.8 Å². The van der Waals surface area contributed by atoms with E-state index in [9.17, 15) is 0 Å². The van der Waals surface area contributed by atoms with Crippen LogP contribution in [0.25, 0.3) is 0 Å². The van der Waals surface area contributed by atoms with Crippen LogP contribution in [0.4, 0.5) is 0 Å². The Kier molecular flexibility index (Phi) is 3.27. The number of aromatic nitrogens is 2. The highest BCUT2D eigenvalue weighted by molar-refractivity contribution is 8.00. The van der Waals surface area contributed by atoms with Crippen LogP contribution in [0.3, 0.4) is 0 Å². The molecule has 0 aliphatic heterocycles. The molecule has 1 rings (SSSR count). The zero-order chi connectivity index (χ0) is 9.90. The number of nitrogens with two attached hydrogens (primary N) is 1. The van der Waals surface area contributed by atoms with Crippen LogP contribution in [-0.4, -0.2) is 14.7 Å². The lowest BCUT2D eigenvalue weighted by Crippen LogP contribution is -2.08. The van der Waals surface area contributed by atoms with Crippen LogP contribution in [0.15, 0.2) is 17.6 Å². The molecule has 0 atom stereocenters. The molecule has 0 spiro atoms. The van der Waals surface area contributed by atoms with E-state index in [1.807, 2.05) is 0 Å². The first kappa shape index (κ1) is 10.5. The molecule has 0 unspecified atom stereocenters. The van der Waals surface area contributed by atoms with Crippen LogP contribution >= 0.6 is 11.8 Å². The zero-order valence-corrected chi connectivity index (χ0v) is 9.06. The van der Waals surface area contributed by atoms with Gasteiger partial charge in [-0.25, -0.2) is 9.97 Å². The standard InChI is InChI=1S/C9H15N3S/c1-9(2,3)13-8-11-5-7(4-10)6-12-8/h5-6H,4,10H2,1-3H3. The predicted molar refractivity (Wildman–Crippen MR) is 55.5 cm³/mol. The maximum Gasteiger partial charge on any atom is 0.187 e. The minimum atomic E-state index is 0.157. The summed E-state index contributed by atoms with van der Waals surface area (Å²) in [4.78, 5) is 8.41. The van der Waals surface area contributed by atoms with Crippen molar-refractivity contribution in [2.45, 2.75) is 37.2 Å². The van der Waals surface area contributed by atoms with E-state index in [2.05, 4.69) is 30.7 Å². The lowest BCUT2D eigenvalue weighted by atomic mass is 10.3. The van der Waals surface area contributed by atoms with Crippen molar-refractivity contribution in [2.75, 3.05) is 0 Å². The molecule has 0 radical (unpaired) electrons. The first-order valence-electron chi connectivity index (χ1n) is 4.21. The van der Waals surface area contributed by atoms with E-state index in [1.54, 1.807) is 24.2 Å². The van der Waals surface area contributed by atoms with E-state index < -0.39 is 0 Å². The SMILES string of the molecule is CC(C)(C)Sc1ncc(CN)cn1. The van der Waals surface area contributed by atoms with Crippen LogP contribution in [0, 0.1) is 0 Å². The van der Waals surface area contributed by atoms with E-state index in [-0.39, 0.29) is 4.75 Å². The second kappa shape index (κ2) is 4.07. The molecule has 2 N–H and O–H groups in total. The van der Waals surface area contributed by atoms with Gasteiger partial charge in [0, 0.05) is 29.2 Å². The van der Waals surface area contributed by atoms with Gasteiger partial charge in [-0.3, -0.25) is 0 Å². The molecule has 4 heteroatoms. The summed E-state index contributed by atoms with van der Waals surface area (Å²) in [6.45, 7) is 6.91. The maximum atomic E-state index is 5.44. The Morgan fingerprint density at radius 1 is 1.31 bits per heavy atom. The summed E-state index contributed by atoms with van der Waals surface area (Å²) in [7, 11) is 0. The van der Waals surface area contributed by atoms with Crippen LogP contribution in [-0.2, 0) is 6.54 Å². The summed E-state index contributed by atoms with van der Waals surface area (Å²) in [6.07, 6.45) is 3.56. The number of thioether (sulfide) groups is 1. The van der Waals surface area contributed by atoms with E-state index in [4.69, 9.17) is 5.73 Å². The van der Waals surface area contributed by atoms with Gasteiger partial charge >= 0.3 is 0 Å². The van der Waals surface area contributed by atoms with Gasteiger partial charge < -0.3 is 5.73 Å². The summed E-state index contributed by atoms with van der Waals surface area (Å²) in [5.74, 6) is 0. The Labute approximate surface area is 83.2 Å². The van der Waals surface area contributed by atoms with Crippen molar-refractivity contribution in [3.63, 3.8) is 0 Å². The van der Waals surface area contributed by atoms with Gasteiger partial charge in [0.2, 0.25) is 0 Å². The zero-order valence-electron chi connectivity index (χ0n) is 8.24. The van der Waals surface area contributed by atoms with Gasteiger partial charge in [0.25, 0.3) is 0 Å². The van der Waals surface area contributed by atoms with E-state index in [0.29, 0.717) is 6.54 Å². The van der Waals surface area contributed by atoms with Crippen molar-refractivity contribution in [2.24, 2.45) is 5.73 Å². The molecule has 0 amide bonds. The molecular weight excluding hydrogens is 182 g/mol. The molecule has 72 valence electrons. The van der Waals surface area contributed by atoms with E-state index in [1.165, 1.54) is 0 Å². The fourth-order valence-electron chi connectivity index (χ4n) is 0.775. The van der Waals surface area contributed by atoms with Gasteiger partial charge in [-0.15, -0.1) is 0 Å². The number of nitrogens with zero attached hydrogens (tertiary/aromatic N) is 2. The van der Waals surface area contributed by atoms with Crippen molar-refractivity contribution in [1.29, 1.82) is 0 Å². The number of rotatable bonds is 2. The molecule has 1 aromatic rings. The van der Waals surface area contributed by atoms with Crippen LogP contribution in [0.1, 0.15) is 26.3 Å². The summed E-state index contributed by atoms with van der Waals surface area (Å²) in [5, 5.41) is 0.810. The molecule has 0 aliphatic rings. The quantitative estimate of drug-likeness (QED) is 0.580. The Hall–Kier alpha value is -0.610. The maximum absolute atomic E-state index is 5.44. The van der Waals surface area contributed by atoms with E-state index in [0.717, 1.165) is 10.7 Å².